The number of hydrogen-bond donors (Lipinski definition) is 0. The van der Waals surface area contributed by atoms with Gasteiger partial charge in [0.15, 0.2) is 0 Å². The maximum Gasteiger partial charge on any atom is 0.0639 e. The Morgan fingerprint density at radius 2 is 0.558 bits per heavy atom. The van der Waals surface area contributed by atoms with Gasteiger partial charge in [-0.25, -0.2) is 0 Å². The summed E-state index contributed by atoms with van der Waals surface area (Å²) in [6, 6.07) is 68.7. The fraction of sp³-hybridized carbons (Fsp3) is 0.234. The molecule has 0 amide bonds. The molecule has 0 heterocycles. The Labute approximate surface area is 329 Å². The molecule has 0 nitrogen and oxygen atoms in total. The molecule has 0 saturated carbocycles. The Kier molecular flexibility index (Phi) is 16.8. The molecule has 268 valence electrons. The van der Waals surface area contributed by atoms with E-state index in [9.17, 15) is 0 Å². The zero-order valence-electron chi connectivity index (χ0n) is 30.7. The average Bonchev–Trinajstić information content (AvgIpc) is 3.20. The zero-order chi connectivity index (χ0) is 35.1. The summed E-state index contributed by atoms with van der Waals surface area (Å²) >= 11 is 0. The molecule has 0 saturated heterocycles. The van der Waals surface area contributed by atoms with Gasteiger partial charge in [-0.3, -0.25) is 0 Å². The lowest BCUT2D eigenvalue weighted by Gasteiger charge is -2.33. The van der Waals surface area contributed by atoms with Crippen LogP contribution in [0.15, 0.2) is 182 Å². The number of benzene rings is 6. The van der Waals surface area contributed by atoms with Crippen molar-refractivity contribution in [1.82, 2.24) is 0 Å². The van der Waals surface area contributed by atoms with Crippen LogP contribution in [-0.2, 0) is 0 Å². The SMILES string of the molecule is CC(C)CC[P+](CCP(c1ccccc1)c1ccccc1)(CCP(c1ccccc1)c1ccccc1)CCP(c1ccccc1)c1ccccc1.[Br-]. The van der Waals surface area contributed by atoms with E-state index in [1.54, 1.807) is 0 Å². The largest absolute Gasteiger partial charge is 1.00 e. The number of hydrogen-bond acceptors (Lipinski definition) is 0. The molecule has 0 unspecified atom stereocenters. The van der Waals surface area contributed by atoms with E-state index in [2.05, 4.69) is 196 Å². The highest BCUT2D eigenvalue weighted by molar-refractivity contribution is 7.81. The molecule has 0 aliphatic carbocycles. The first-order chi connectivity index (χ1) is 25.1. The van der Waals surface area contributed by atoms with Gasteiger partial charge >= 0.3 is 0 Å². The Morgan fingerprint density at radius 1 is 0.346 bits per heavy atom. The van der Waals surface area contributed by atoms with E-state index in [0.717, 1.165) is 0 Å². The summed E-state index contributed by atoms with van der Waals surface area (Å²) in [5, 5.41) is 9.12. The summed E-state index contributed by atoms with van der Waals surface area (Å²) in [6.45, 7) is 4.88. The zero-order valence-corrected chi connectivity index (χ0v) is 35.9. The van der Waals surface area contributed by atoms with Crippen molar-refractivity contribution in [3.05, 3.63) is 182 Å². The van der Waals surface area contributed by atoms with Crippen LogP contribution >= 0.6 is 31.0 Å². The van der Waals surface area contributed by atoms with Crippen molar-refractivity contribution in [2.24, 2.45) is 5.92 Å². The molecule has 52 heavy (non-hydrogen) atoms. The van der Waals surface area contributed by atoms with E-state index in [1.165, 1.54) is 81.4 Å². The molecule has 0 spiro atoms. The van der Waals surface area contributed by atoms with E-state index in [4.69, 9.17) is 0 Å². The van der Waals surface area contributed by atoms with Crippen LogP contribution in [0.3, 0.4) is 0 Å². The van der Waals surface area contributed by atoms with Crippen LogP contribution in [0.1, 0.15) is 20.3 Å². The molecule has 6 rings (SSSR count). The van der Waals surface area contributed by atoms with E-state index in [0.29, 0.717) is 5.92 Å². The summed E-state index contributed by atoms with van der Waals surface area (Å²) in [4.78, 5) is 0. The van der Waals surface area contributed by atoms with Gasteiger partial charge in [-0.15, -0.1) is 0 Å². The molecule has 0 bridgehead atoms. The Balaban J connectivity index is 0.00000523. The van der Waals surface area contributed by atoms with Crippen molar-refractivity contribution < 1.29 is 17.0 Å². The summed E-state index contributed by atoms with van der Waals surface area (Å²) in [5.41, 5.74) is 0. The molecule has 6 aromatic carbocycles. The lowest BCUT2D eigenvalue weighted by molar-refractivity contribution is -0.0000100. The lowest BCUT2D eigenvalue weighted by Crippen LogP contribution is -3.00. The van der Waals surface area contributed by atoms with Crippen molar-refractivity contribution in [3.63, 3.8) is 0 Å². The first-order valence-electron chi connectivity index (χ1n) is 18.6. The normalized spacial score (nSPS) is 11.7. The van der Waals surface area contributed by atoms with Crippen molar-refractivity contribution in [1.29, 1.82) is 0 Å². The highest BCUT2D eigenvalue weighted by atomic mass is 79.9. The maximum absolute atomic E-state index is 2.44. The summed E-state index contributed by atoms with van der Waals surface area (Å²) in [6.07, 6.45) is 10.7. The van der Waals surface area contributed by atoms with E-state index < -0.39 is 31.0 Å². The van der Waals surface area contributed by atoms with Gasteiger partial charge in [0.1, 0.15) is 0 Å². The Hall–Kier alpha value is -2.48. The fourth-order valence-electron chi connectivity index (χ4n) is 7.01. The molecule has 0 aliphatic rings. The second kappa shape index (κ2) is 21.4. The number of rotatable bonds is 18. The van der Waals surface area contributed by atoms with Crippen molar-refractivity contribution >= 4 is 62.9 Å². The first-order valence-corrected chi connectivity index (χ1v) is 25.7. The summed E-state index contributed by atoms with van der Waals surface area (Å²) in [5.74, 6) is 0.712. The topological polar surface area (TPSA) is 0 Å². The minimum absolute atomic E-state index is 0. The molecule has 6 aromatic rings. The summed E-state index contributed by atoms with van der Waals surface area (Å²) in [7, 11) is -2.68. The monoisotopic (exact) mass is 820 g/mol. The van der Waals surface area contributed by atoms with Crippen LogP contribution in [0.2, 0.25) is 0 Å². The molecule has 0 N–H and O–H groups in total. The van der Waals surface area contributed by atoms with Gasteiger partial charge in [0.05, 0.1) is 24.6 Å². The third-order valence-corrected chi connectivity index (χ3v) is 23.3. The van der Waals surface area contributed by atoms with E-state index >= 15 is 0 Å². The highest BCUT2D eigenvalue weighted by Gasteiger charge is 2.39. The minimum Gasteiger partial charge on any atom is -1.00 e. The molecule has 5 heteroatoms. The fourth-order valence-corrected chi connectivity index (χ4v) is 22.5. The van der Waals surface area contributed by atoms with Crippen LogP contribution in [0.25, 0.3) is 0 Å². The van der Waals surface area contributed by atoms with Crippen molar-refractivity contribution in [2.75, 3.05) is 43.1 Å². The van der Waals surface area contributed by atoms with E-state index in [-0.39, 0.29) is 17.0 Å². The minimum atomic E-state index is -1.39. The van der Waals surface area contributed by atoms with Crippen LogP contribution in [0.5, 0.6) is 0 Å². The molecular formula is C47H53BrP4. The second-order valence-electron chi connectivity index (χ2n) is 13.9. The van der Waals surface area contributed by atoms with Crippen molar-refractivity contribution in [3.8, 4) is 0 Å². The molecule has 0 aromatic heterocycles. The van der Waals surface area contributed by atoms with Gasteiger partial charge in [-0.1, -0.05) is 196 Å². The van der Waals surface area contributed by atoms with E-state index in [1.807, 2.05) is 0 Å². The molecule has 0 fully saturated rings. The van der Waals surface area contributed by atoms with Gasteiger partial charge in [0, 0.05) is 25.7 Å². The Bertz CT molecular complexity index is 1490. The molecular weight excluding hydrogens is 768 g/mol. The standard InChI is InChI=1S/C47H53P4.BrH/c1-41(2)33-37-51(38-34-48(42-21-9-3-10-22-42)43-23-11-4-12-24-43,39-35-49(44-25-13-5-14-26-44)45-27-15-6-16-28-45)40-36-50(46-29-17-7-18-30-46)47-31-19-8-20-32-47;/h3-32,41H,33-40H2,1-2H3;1H/q+1;/p-1. The van der Waals surface area contributed by atoms with Gasteiger partial charge in [0.25, 0.3) is 0 Å². The van der Waals surface area contributed by atoms with Crippen LogP contribution in [-0.4, -0.2) is 43.1 Å². The first kappa shape index (κ1) is 40.7. The van der Waals surface area contributed by atoms with Crippen LogP contribution in [0.4, 0.5) is 0 Å². The quantitative estimate of drug-likeness (QED) is 0.0792. The second-order valence-corrected chi connectivity index (χ2v) is 25.4. The molecule has 0 aliphatic heterocycles. The average molecular weight is 822 g/mol. The third-order valence-electron chi connectivity index (χ3n) is 9.98. The highest BCUT2D eigenvalue weighted by Crippen LogP contribution is 2.63. The van der Waals surface area contributed by atoms with Gasteiger partial charge in [-0.05, 0) is 67.9 Å². The summed E-state index contributed by atoms with van der Waals surface area (Å²) < 4.78 is 0. The maximum atomic E-state index is 2.44. The molecule has 0 atom stereocenters. The van der Waals surface area contributed by atoms with Gasteiger partial charge < -0.3 is 17.0 Å². The van der Waals surface area contributed by atoms with Gasteiger partial charge in [0.2, 0.25) is 0 Å². The smallest absolute Gasteiger partial charge is 0.0639 e. The third kappa shape index (κ3) is 11.8. The van der Waals surface area contributed by atoms with Crippen LogP contribution in [0, 0.1) is 5.92 Å². The predicted octanol–water partition coefficient (Wildman–Crippen LogP) is 7.45. The van der Waals surface area contributed by atoms with Crippen LogP contribution < -0.4 is 48.8 Å². The van der Waals surface area contributed by atoms with Gasteiger partial charge in [-0.2, -0.15) is 0 Å². The Morgan fingerprint density at radius 3 is 0.750 bits per heavy atom. The van der Waals surface area contributed by atoms with Crippen molar-refractivity contribution in [2.45, 2.75) is 20.3 Å². The predicted molar refractivity (Wildman–Crippen MR) is 238 cm³/mol. The number of halogens is 1. The molecule has 0 radical (unpaired) electrons. The lowest BCUT2D eigenvalue weighted by atomic mass is 10.2.